The van der Waals surface area contributed by atoms with Crippen molar-refractivity contribution in [2.75, 3.05) is 19.0 Å². The molecule has 0 N–H and O–H groups in total. The molecule has 1 aromatic carbocycles. The van der Waals surface area contributed by atoms with Crippen LogP contribution >= 0.6 is 15.9 Å². The van der Waals surface area contributed by atoms with Crippen molar-refractivity contribution in [1.82, 2.24) is 0 Å². The zero-order valence-corrected chi connectivity index (χ0v) is 9.05. The molecule has 1 rings (SSSR count). The number of ether oxygens (including phenoxy) is 1. The SMILES string of the molecule is COCC(CBr)c1cccc(F)c1. The highest BCUT2D eigenvalue weighted by Crippen LogP contribution is 2.19. The van der Waals surface area contributed by atoms with E-state index in [1.165, 1.54) is 6.07 Å². The van der Waals surface area contributed by atoms with Crippen molar-refractivity contribution in [3.8, 4) is 0 Å². The van der Waals surface area contributed by atoms with Crippen LogP contribution in [0.3, 0.4) is 0 Å². The normalized spacial score (nSPS) is 12.8. The van der Waals surface area contributed by atoms with Gasteiger partial charge in [0.25, 0.3) is 0 Å². The molecule has 72 valence electrons. The first-order valence-electron chi connectivity index (χ1n) is 4.08. The first-order chi connectivity index (χ1) is 6.27. The van der Waals surface area contributed by atoms with Crippen LogP contribution in [0.15, 0.2) is 24.3 Å². The van der Waals surface area contributed by atoms with Crippen molar-refractivity contribution >= 4 is 15.9 Å². The Bertz CT molecular complexity index is 265. The number of hydrogen-bond acceptors (Lipinski definition) is 1. The Morgan fingerprint density at radius 2 is 2.31 bits per heavy atom. The second-order valence-corrected chi connectivity index (χ2v) is 3.51. The van der Waals surface area contributed by atoms with E-state index in [0.29, 0.717) is 6.61 Å². The van der Waals surface area contributed by atoms with Crippen LogP contribution in [0.25, 0.3) is 0 Å². The number of alkyl halides is 1. The predicted molar refractivity (Wildman–Crippen MR) is 54.8 cm³/mol. The molecule has 0 aliphatic carbocycles. The number of methoxy groups -OCH3 is 1. The van der Waals surface area contributed by atoms with Crippen molar-refractivity contribution in [1.29, 1.82) is 0 Å². The van der Waals surface area contributed by atoms with Gasteiger partial charge in [-0.15, -0.1) is 0 Å². The molecule has 1 unspecified atom stereocenters. The Morgan fingerprint density at radius 3 is 2.85 bits per heavy atom. The molecular formula is C10H12BrFO. The van der Waals surface area contributed by atoms with Gasteiger partial charge in [0.05, 0.1) is 6.61 Å². The zero-order valence-electron chi connectivity index (χ0n) is 7.47. The Kier molecular flexibility index (Phi) is 4.39. The van der Waals surface area contributed by atoms with Crippen molar-refractivity contribution in [3.63, 3.8) is 0 Å². The molecule has 3 heteroatoms. The highest BCUT2D eigenvalue weighted by atomic mass is 79.9. The van der Waals surface area contributed by atoms with Gasteiger partial charge in [-0.1, -0.05) is 28.1 Å². The van der Waals surface area contributed by atoms with Gasteiger partial charge in [-0.2, -0.15) is 0 Å². The third-order valence-corrected chi connectivity index (χ3v) is 2.66. The smallest absolute Gasteiger partial charge is 0.123 e. The summed E-state index contributed by atoms with van der Waals surface area (Å²) in [6.45, 7) is 0.606. The van der Waals surface area contributed by atoms with Gasteiger partial charge < -0.3 is 4.74 Å². The zero-order chi connectivity index (χ0) is 9.68. The standard InChI is InChI=1S/C10H12BrFO/c1-13-7-9(6-11)8-3-2-4-10(12)5-8/h2-5,9H,6-7H2,1H3. The van der Waals surface area contributed by atoms with E-state index < -0.39 is 0 Å². The summed E-state index contributed by atoms with van der Waals surface area (Å²) in [5.74, 6) is 0.0280. The highest BCUT2D eigenvalue weighted by molar-refractivity contribution is 9.09. The average molecular weight is 247 g/mol. The first kappa shape index (κ1) is 10.7. The van der Waals surface area contributed by atoms with Crippen LogP contribution < -0.4 is 0 Å². The summed E-state index contributed by atoms with van der Waals surface area (Å²) in [4.78, 5) is 0. The van der Waals surface area contributed by atoms with Gasteiger partial charge in [0.1, 0.15) is 5.82 Å². The average Bonchev–Trinajstić information content (AvgIpc) is 2.14. The van der Waals surface area contributed by atoms with Crippen LogP contribution in [0, 0.1) is 5.82 Å². The van der Waals surface area contributed by atoms with Crippen molar-refractivity contribution in [2.24, 2.45) is 0 Å². The molecule has 0 aliphatic heterocycles. The lowest BCUT2D eigenvalue weighted by molar-refractivity contribution is 0.185. The summed E-state index contributed by atoms with van der Waals surface area (Å²) in [6.07, 6.45) is 0. The number of rotatable bonds is 4. The summed E-state index contributed by atoms with van der Waals surface area (Å²) in [7, 11) is 1.65. The molecule has 1 aromatic rings. The minimum atomic E-state index is -0.195. The van der Waals surface area contributed by atoms with E-state index in [0.717, 1.165) is 10.9 Å². The molecule has 0 aromatic heterocycles. The molecule has 0 spiro atoms. The second-order valence-electron chi connectivity index (χ2n) is 2.86. The Labute approximate surface area is 86.0 Å². The molecule has 0 saturated heterocycles. The van der Waals surface area contributed by atoms with Gasteiger partial charge >= 0.3 is 0 Å². The third-order valence-electron chi connectivity index (χ3n) is 1.87. The van der Waals surface area contributed by atoms with E-state index in [9.17, 15) is 4.39 Å². The molecule has 0 radical (unpaired) electrons. The van der Waals surface area contributed by atoms with E-state index >= 15 is 0 Å². The highest BCUT2D eigenvalue weighted by Gasteiger charge is 2.09. The predicted octanol–water partition coefficient (Wildman–Crippen LogP) is 2.95. The van der Waals surface area contributed by atoms with E-state index in [2.05, 4.69) is 15.9 Å². The van der Waals surface area contributed by atoms with Gasteiger partial charge in [0, 0.05) is 18.4 Å². The Balaban J connectivity index is 2.78. The largest absolute Gasteiger partial charge is 0.384 e. The maximum atomic E-state index is 12.8. The molecule has 1 nitrogen and oxygen atoms in total. The molecular weight excluding hydrogens is 235 g/mol. The fourth-order valence-electron chi connectivity index (χ4n) is 1.19. The molecule has 1 atom stereocenters. The van der Waals surface area contributed by atoms with Crippen molar-refractivity contribution < 1.29 is 9.13 Å². The van der Waals surface area contributed by atoms with Crippen molar-refractivity contribution in [2.45, 2.75) is 5.92 Å². The lowest BCUT2D eigenvalue weighted by Gasteiger charge is -2.12. The third kappa shape index (κ3) is 3.08. The molecule has 0 aliphatic rings. The minimum Gasteiger partial charge on any atom is -0.384 e. The minimum absolute atomic E-state index is 0.195. The fraction of sp³-hybridized carbons (Fsp3) is 0.400. The van der Waals surface area contributed by atoms with Crippen LogP contribution in [0.1, 0.15) is 11.5 Å². The summed E-state index contributed by atoms with van der Waals surface area (Å²) < 4.78 is 17.9. The number of halogens is 2. The summed E-state index contributed by atoms with van der Waals surface area (Å²) >= 11 is 3.38. The van der Waals surface area contributed by atoms with Gasteiger partial charge in [-0.25, -0.2) is 4.39 Å². The van der Waals surface area contributed by atoms with E-state index in [1.807, 2.05) is 6.07 Å². The van der Waals surface area contributed by atoms with Crippen LogP contribution in [-0.4, -0.2) is 19.0 Å². The topological polar surface area (TPSA) is 9.23 Å². The van der Waals surface area contributed by atoms with Gasteiger partial charge in [-0.3, -0.25) is 0 Å². The number of benzene rings is 1. The second kappa shape index (κ2) is 5.35. The van der Waals surface area contributed by atoms with E-state index in [1.54, 1.807) is 19.2 Å². The lowest BCUT2D eigenvalue weighted by Crippen LogP contribution is -2.07. The van der Waals surface area contributed by atoms with Gasteiger partial charge in [0.2, 0.25) is 0 Å². The first-order valence-corrected chi connectivity index (χ1v) is 5.20. The molecule has 0 fully saturated rings. The van der Waals surface area contributed by atoms with E-state index in [4.69, 9.17) is 4.74 Å². The number of hydrogen-bond donors (Lipinski definition) is 0. The lowest BCUT2D eigenvalue weighted by atomic mass is 10.0. The van der Waals surface area contributed by atoms with Crippen LogP contribution in [0.4, 0.5) is 4.39 Å². The summed E-state index contributed by atoms with van der Waals surface area (Å²) in [5.41, 5.74) is 0.971. The summed E-state index contributed by atoms with van der Waals surface area (Å²) in [6, 6.07) is 6.62. The molecule has 13 heavy (non-hydrogen) atoms. The molecule has 0 bridgehead atoms. The maximum Gasteiger partial charge on any atom is 0.123 e. The van der Waals surface area contributed by atoms with E-state index in [-0.39, 0.29) is 11.7 Å². The summed E-state index contributed by atoms with van der Waals surface area (Å²) in [5, 5.41) is 0.782. The molecule has 0 saturated carbocycles. The molecule has 0 amide bonds. The van der Waals surface area contributed by atoms with Crippen molar-refractivity contribution in [3.05, 3.63) is 35.6 Å². The van der Waals surface area contributed by atoms with Crippen LogP contribution in [0.2, 0.25) is 0 Å². The molecule has 0 heterocycles. The Morgan fingerprint density at radius 1 is 1.54 bits per heavy atom. The fourth-order valence-corrected chi connectivity index (χ4v) is 1.75. The van der Waals surface area contributed by atoms with Gasteiger partial charge in [-0.05, 0) is 17.7 Å². The van der Waals surface area contributed by atoms with Gasteiger partial charge in [0.15, 0.2) is 0 Å². The monoisotopic (exact) mass is 246 g/mol. The quantitative estimate of drug-likeness (QED) is 0.743. The van der Waals surface area contributed by atoms with Crippen LogP contribution in [0.5, 0.6) is 0 Å². The maximum absolute atomic E-state index is 12.8. The Hall–Kier alpha value is -0.410. The van der Waals surface area contributed by atoms with Crippen LogP contribution in [-0.2, 0) is 4.74 Å².